The molecule has 1 rings (SSSR count). The Bertz CT molecular complexity index is 197. The first kappa shape index (κ1) is 14.0. The normalized spacial score (nSPS) is 28.9. The van der Waals surface area contributed by atoms with E-state index in [1.54, 1.807) is 0 Å². The maximum Gasteiger partial charge on any atom is 0.0274 e. The van der Waals surface area contributed by atoms with E-state index in [9.17, 15) is 0 Å². The van der Waals surface area contributed by atoms with Gasteiger partial charge in [0.05, 0.1) is 0 Å². The fraction of sp³-hybridized carbons (Fsp3) is 1.00. The second-order valence-electron chi connectivity index (χ2n) is 5.75. The summed E-state index contributed by atoms with van der Waals surface area (Å²) in [6, 6.07) is 1.42. The summed E-state index contributed by atoms with van der Waals surface area (Å²) in [6.07, 6.45) is 3.95. The molecule has 0 saturated heterocycles. The van der Waals surface area contributed by atoms with E-state index in [-0.39, 0.29) is 0 Å². The average molecular weight is 226 g/mol. The van der Waals surface area contributed by atoms with Crippen molar-refractivity contribution < 1.29 is 0 Å². The van der Waals surface area contributed by atoms with Crippen molar-refractivity contribution in [2.45, 2.75) is 66.0 Å². The predicted molar refractivity (Wildman–Crippen MR) is 71.8 cm³/mol. The van der Waals surface area contributed by atoms with Crippen LogP contribution in [0.5, 0.6) is 0 Å². The van der Waals surface area contributed by atoms with Crippen LogP contribution in [0.1, 0.15) is 53.9 Å². The van der Waals surface area contributed by atoms with E-state index in [2.05, 4.69) is 44.8 Å². The highest BCUT2D eigenvalue weighted by molar-refractivity contribution is 5.00. The second-order valence-corrected chi connectivity index (χ2v) is 5.75. The van der Waals surface area contributed by atoms with Gasteiger partial charge in [-0.2, -0.15) is 0 Å². The Morgan fingerprint density at radius 2 is 1.81 bits per heavy atom. The Hall–Kier alpha value is -0.0800. The Labute approximate surface area is 102 Å². The Morgan fingerprint density at radius 1 is 1.19 bits per heavy atom. The minimum atomic E-state index is 0.461. The summed E-state index contributed by atoms with van der Waals surface area (Å²) < 4.78 is 0. The van der Waals surface area contributed by atoms with Crippen molar-refractivity contribution in [2.24, 2.45) is 5.41 Å². The molecular formula is C14H30N2. The van der Waals surface area contributed by atoms with Crippen LogP contribution in [-0.2, 0) is 0 Å². The lowest BCUT2D eigenvalue weighted by Gasteiger charge is -2.37. The van der Waals surface area contributed by atoms with E-state index in [0.29, 0.717) is 11.5 Å². The first-order chi connectivity index (χ1) is 7.56. The van der Waals surface area contributed by atoms with Crippen molar-refractivity contribution in [2.75, 3.05) is 19.6 Å². The van der Waals surface area contributed by atoms with Crippen LogP contribution in [0.4, 0.5) is 0 Å². The lowest BCUT2D eigenvalue weighted by Crippen LogP contribution is -2.51. The van der Waals surface area contributed by atoms with Gasteiger partial charge in [0, 0.05) is 12.1 Å². The molecule has 1 N–H and O–H groups in total. The van der Waals surface area contributed by atoms with Gasteiger partial charge in [0.1, 0.15) is 0 Å². The third kappa shape index (κ3) is 2.98. The number of hydrogen-bond acceptors (Lipinski definition) is 2. The van der Waals surface area contributed by atoms with Crippen LogP contribution >= 0.6 is 0 Å². The van der Waals surface area contributed by atoms with E-state index >= 15 is 0 Å². The molecule has 1 aliphatic rings. The van der Waals surface area contributed by atoms with Gasteiger partial charge in [0.25, 0.3) is 0 Å². The molecule has 0 bridgehead atoms. The van der Waals surface area contributed by atoms with Crippen molar-refractivity contribution in [3.05, 3.63) is 0 Å². The van der Waals surface area contributed by atoms with E-state index in [0.717, 1.165) is 12.6 Å². The molecule has 2 unspecified atom stereocenters. The first-order valence-electron chi connectivity index (χ1n) is 7.04. The van der Waals surface area contributed by atoms with Crippen molar-refractivity contribution in [3.63, 3.8) is 0 Å². The maximum absolute atomic E-state index is 3.78. The molecule has 0 aliphatic heterocycles. The highest BCUT2D eigenvalue weighted by Gasteiger charge is 2.43. The van der Waals surface area contributed by atoms with Gasteiger partial charge >= 0.3 is 0 Å². The molecule has 1 saturated carbocycles. The predicted octanol–water partition coefficient (Wildman–Crippen LogP) is 2.89. The second kappa shape index (κ2) is 6.02. The fourth-order valence-corrected chi connectivity index (χ4v) is 3.16. The van der Waals surface area contributed by atoms with E-state index in [1.165, 1.54) is 32.4 Å². The minimum absolute atomic E-state index is 0.461. The molecule has 0 spiro atoms. The zero-order chi connectivity index (χ0) is 12.2. The van der Waals surface area contributed by atoms with Crippen molar-refractivity contribution in [1.29, 1.82) is 0 Å². The molecular weight excluding hydrogens is 196 g/mol. The molecule has 0 aromatic heterocycles. The number of nitrogens with zero attached hydrogens (tertiary/aromatic N) is 1. The Balaban J connectivity index is 2.68. The molecule has 0 aromatic carbocycles. The summed E-state index contributed by atoms with van der Waals surface area (Å²) in [4.78, 5) is 2.63. The monoisotopic (exact) mass is 226 g/mol. The molecule has 0 aromatic rings. The quantitative estimate of drug-likeness (QED) is 0.749. The van der Waals surface area contributed by atoms with Crippen LogP contribution in [0.2, 0.25) is 0 Å². The minimum Gasteiger partial charge on any atom is -0.312 e. The van der Waals surface area contributed by atoms with Gasteiger partial charge in [-0.1, -0.05) is 34.6 Å². The Morgan fingerprint density at radius 3 is 2.31 bits per heavy atom. The molecule has 0 amide bonds. The fourth-order valence-electron chi connectivity index (χ4n) is 3.16. The van der Waals surface area contributed by atoms with Gasteiger partial charge in [-0.15, -0.1) is 0 Å². The summed E-state index contributed by atoms with van der Waals surface area (Å²) in [7, 11) is 0. The van der Waals surface area contributed by atoms with Crippen LogP contribution in [-0.4, -0.2) is 36.6 Å². The largest absolute Gasteiger partial charge is 0.312 e. The van der Waals surface area contributed by atoms with Gasteiger partial charge in [-0.05, 0) is 44.3 Å². The number of likely N-dealkylation sites (N-methyl/N-ethyl adjacent to an activating group) is 1. The number of nitrogens with one attached hydrogen (secondary N) is 1. The highest BCUT2D eigenvalue weighted by Crippen LogP contribution is 2.39. The number of rotatable bonds is 6. The smallest absolute Gasteiger partial charge is 0.0274 e. The third-order valence-corrected chi connectivity index (χ3v) is 4.21. The molecule has 1 fully saturated rings. The van der Waals surface area contributed by atoms with Crippen LogP contribution in [0.25, 0.3) is 0 Å². The van der Waals surface area contributed by atoms with Crippen LogP contribution < -0.4 is 5.32 Å². The van der Waals surface area contributed by atoms with Gasteiger partial charge in [-0.25, -0.2) is 0 Å². The van der Waals surface area contributed by atoms with Crippen molar-refractivity contribution >= 4 is 0 Å². The molecule has 96 valence electrons. The van der Waals surface area contributed by atoms with Gasteiger partial charge in [0.2, 0.25) is 0 Å². The van der Waals surface area contributed by atoms with Gasteiger partial charge in [0.15, 0.2) is 0 Å². The molecule has 2 atom stereocenters. The lowest BCUT2D eigenvalue weighted by molar-refractivity contribution is 0.156. The van der Waals surface area contributed by atoms with E-state index in [1.807, 2.05) is 0 Å². The maximum atomic E-state index is 3.78. The average Bonchev–Trinajstić information content (AvgIpc) is 2.54. The molecule has 0 radical (unpaired) electrons. The summed E-state index contributed by atoms with van der Waals surface area (Å²) in [6.45, 7) is 15.2. The van der Waals surface area contributed by atoms with Crippen LogP contribution in [0.3, 0.4) is 0 Å². The highest BCUT2D eigenvalue weighted by atomic mass is 15.2. The van der Waals surface area contributed by atoms with E-state index in [4.69, 9.17) is 0 Å². The molecule has 0 heterocycles. The topological polar surface area (TPSA) is 15.3 Å². The van der Waals surface area contributed by atoms with Crippen LogP contribution in [0, 0.1) is 5.41 Å². The number of hydrogen-bond donors (Lipinski definition) is 1. The Kier molecular flexibility index (Phi) is 5.26. The SMILES string of the molecule is CCCNC1C(N(CC)CC)CCC1(C)C. The molecule has 1 aliphatic carbocycles. The molecule has 2 nitrogen and oxygen atoms in total. The van der Waals surface area contributed by atoms with Gasteiger partial charge in [-0.3, -0.25) is 4.90 Å². The lowest BCUT2D eigenvalue weighted by atomic mass is 9.86. The zero-order valence-electron chi connectivity index (χ0n) is 11.8. The molecule has 16 heavy (non-hydrogen) atoms. The third-order valence-electron chi connectivity index (χ3n) is 4.21. The van der Waals surface area contributed by atoms with Crippen molar-refractivity contribution in [1.82, 2.24) is 10.2 Å². The van der Waals surface area contributed by atoms with Crippen molar-refractivity contribution in [3.8, 4) is 0 Å². The summed E-state index contributed by atoms with van der Waals surface area (Å²) >= 11 is 0. The first-order valence-corrected chi connectivity index (χ1v) is 7.04. The molecule has 2 heteroatoms. The van der Waals surface area contributed by atoms with E-state index < -0.39 is 0 Å². The zero-order valence-corrected chi connectivity index (χ0v) is 11.8. The van der Waals surface area contributed by atoms with Gasteiger partial charge < -0.3 is 5.32 Å². The summed E-state index contributed by atoms with van der Waals surface area (Å²) in [5.74, 6) is 0. The van der Waals surface area contributed by atoms with Crippen LogP contribution in [0.15, 0.2) is 0 Å². The summed E-state index contributed by atoms with van der Waals surface area (Å²) in [5.41, 5.74) is 0.461. The standard InChI is InChI=1S/C14H30N2/c1-6-11-15-13-12(16(7-2)8-3)9-10-14(13,4)5/h12-13,15H,6-11H2,1-5H3. The summed E-state index contributed by atoms with van der Waals surface area (Å²) in [5, 5.41) is 3.78.